The number of nitrogen functional groups attached to an aromatic ring is 1. The number of thiophene rings is 1. The molecular weight excluding hydrogens is 180 g/mol. The fourth-order valence-electron chi connectivity index (χ4n) is 1.11. The molecule has 0 atom stereocenters. The van der Waals surface area contributed by atoms with E-state index in [1.165, 1.54) is 10.3 Å². The number of hydrogen-bond donors (Lipinski definition) is 1. The Morgan fingerprint density at radius 1 is 1.38 bits per heavy atom. The number of nitrogens with zero attached hydrogens (tertiary/aromatic N) is 1. The molecular formula is C10H14N2S. The van der Waals surface area contributed by atoms with Crippen molar-refractivity contribution in [3.63, 3.8) is 0 Å². The Labute approximate surface area is 82.4 Å². The summed E-state index contributed by atoms with van der Waals surface area (Å²) in [5.41, 5.74) is 5.67. The zero-order chi connectivity index (χ0) is 9.84. The molecule has 0 saturated carbocycles. The molecule has 0 saturated heterocycles. The number of nitrogens with two attached hydrogens (primary N) is 1. The predicted octanol–water partition coefficient (Wildman–Crippen LogP) is 3.21. The van der Waals surface area contributed by atoms with Gasteiger partial charge in [0.15, 0.2) is 0 Å². The number of anilines is 1. The third-order valence-electron chi connectivity index (χ3n) is 1.58. The summed E-state index contributed by atoms with van der Waals surface area (Å²) in [4.78, 5) is 5.29. The Kier molecular flexibility index (Phi) is 3.25. The maximum Gasteiger partial charge on any atom is 0.141 e. The lowest BCUT2D eigenvalue weighted by Gasteiger charge is -1.90. The van der Waals surface area contributed by atoms with Gasteiger partial charge in [0.2, 0.25) is 0 Å². The van der Waals surface area contributed by atoms with Gasteiger partial charge in [0, 0.05) is 11.1 Å². The van der Waals surface area contributed by atoms with Crippen molar-refractivity contribution < 1.29 is 0 Å². The van der Waals surface area contributed by atoms with Crippen LogP contribution in [0.2, 0.25) is 0 Å². The normalized spacial score (nSPS) is 9.46. The molecule has 0 spiro atoms. The highest BCUT2D eigenvalue weighted by molar-refractivity contribution is 7.19. The Morgan fingerprint density at radius 3 is 2.69 bits per heavy atom. The SMILES string of the molecule is CC.Cc1cc2ccnc(N)c2s1. The lowest BCUT2D eigenvalue weighted by atomic mass is 10.3. The second kappa shape index (κ2) is 4.23. The lowest BCUT2D eigenvalue weighted by molar-refractivity contribution is 1.38. The first-order valence-electron chi connectivity index (χ1n) is 4.38. The summed E-state index contributed by atoms with van der Waals surface area (Å²) < 4.78 is 1.10. The zero-order valence-electron chi connectivity index (χ0n) is 8.16. The first-order valence-corrected chi connectivity index (χ1v) is 5.19. The Morgan fingerprint density at radius 2 is 2.08 bits per heavy atom. The monoisotopic (exact) mass is 194 g/mol. The minimum atomic E-state index is 0.639. The summed E-state index contributed by atoms with van der Waals surface area (Å²) in [7, 11) is 0. The maximum absolute atomic E-state index is 5.67. The van der Waals surface area contributed by atoms with Gasteiger partial charge in [-0.15, -0.1) is 11.3 Å². The number of hydrogen-bond acceptors (Lipinski definition) is 3. The van der Waals surface area contributed by atoms with E-state index in [0.717, 1.165) is 4.70 Å². The van der Waals surface area contributed by atoms with Crippen LogP contribution in [-0.4, -0.2) is 4.98 Å². The molecule has 2 aromatic rings. The van der Waals surface area contributed by atoms with Crippen molar-refractivity contribution in [1.82, 2.24) is 4.98 Å². The largest absolute Gasteiger partial charge is 0.383 e. The van der Waals surface area contributed by atoms with Crippen molar-refractivity contribution in [3.8, 4) is 0 Å². The highest BCUT2D eigenvalue weighted by Gasteiger charge is 2.00. The second-order valence-corrected chi connectivity index (χ2v) is 3.73. The molecule has 70 valence electrons. The zero-order valence-corrected chi connectivity index (χ0v) is 8.98. The average molecular weight is 194 g/mol. The van der Waals surface area contributed by atoms with Crippen LogP contribution >= 0.6 is 11.3 Å². The van der Waals surface area contributed by atoms with Crippen LogP contribution in [0.15, 0.2) is 18.3 Å². The molecule has 0 radical (unpaired) electrons. The predicted molar refractivity (Wildman–Crippen MR) is 60.1 cm³/mol. The minimum absolute atomic E-state index is 0.639. The summed E-state index contributed by atoms with van der Waals surface area (Å²) in [6, 6.07) is 4.10. The van der Waals surface area contributed by atoms with Gasteiger partial charge in [-0.25, -0.2) is 4.98 Å². The summed E-state index contributed by atoms with van der Waals surface area (Å²) in [6.45, 7) is 6.07. The fourth-order valence-corrected chi connectivity index (χ4v) is 2.02. The topological polar surface area (TPSA) is 38.9 Å². The smallest absolute Gasteiger partial charge is 0.141 e. The average Bonchev–Trinajstić information content (AvgIpc) is 2.51. The number of aryl methyl sites for hydroxylation is 1. The van der Waals surface area contributed by atoms with Crippen molar-refractivity contribution in [2.75, 3.05) is 5.73 Å². The van der Waals surface area contributed by atoms with Crippen LogP contribution in [0.4, 0.5) is 5.82 Å². The van der Waals surface area contributed by atoms with Crippen LogP contribution in [0.3, 0.4) is 0 Å². The van der Waals surface area contributed by atoms with Gasteiger partial charge in [-0.1, -0.05) is 13.8 Å². The number of aromatic nitrogens is 1. The molecule has 2 nitrogen and oxygen atoms in total. The van der Waals surface area contributed by atoms with Gasteiger partial charge in [0.05, 0.1) is 4.70 Å². The Balaban J connectivity index is 0.000000396. The third-order valence-corrected chi connectivity index (χ3v) is 2.67. The van der Waals surface area contributed by atoms with Gasteiger partial charge in [-0.2, -0.15) is 0 Å². The molecule has 2 rings (SSSR count). The summed E-state index contributed by atoms with van der Waals surface area (Å²) in [5, 5.41) is 1.19. The molecule has 13 heavy (non-hydrogen) atoms. The van der Waals surface area contributed by atoms with E-state index in [1.807, 2.05) is 19.9 Å². The van der Waals surface area contributed by atoms with E-state index in [-0.39, 0.29) is 0 Å². The van der Waals surface area contributed by atoms with E-state index in [2.05, 4.69) is 18.0 Å². The first kappa shape index (κ1) is 9.99. The molecule has 2 heterocycles. The van der Waals surface area contributed by atoms with Crippen molar-refractivity contribution in [3.05, 3.63) is 23.2 Å². The Hall–Kier alpha value is -1.09. The molecule has 0 unspecified atom stereocenters. The van der Waals surface area contributed by atoms with Gasteiger partial charge >= 0.3 is 0 Å². The maximum atomic E-state index is 5.67. The van der Waals surface area contributed by atoms with Crippen molar-refractivity contribution in [2.24, 2.45) is 0 Å². The highest BCUT2D eigenvalue weighted by atomic mass is 32.1. The van der Waals surface area contributed by atoms with Gasteiger partial charge in [0.1, 0.15) is 5.82 Å². The van der Waals surface area contributed by atoms with E-state index >= 15 is 0 Å². The van der Waals surface area contributed by atoms with Crippen LogP contribution < -0.4 is 5.73 Å². The molecule has 0 aliphatic heterocycles. The van der Waals surface area contributed by atoms with Gasteiger partial charge in [0.25, 0.3) is 0 Å². The quantitative estimate of drug-likeness (QED) is 0.699. The molecule has 2 N–H and O–H groups in total. The van der Waals surface area contributed by atoms with Gasteiger partial charge in [-0.05, 0) is 24.4 Å². The molecule has 2 aromatic heterocycles. The van der Waals surface area contributed by atoms with Crippen LogP contribution in [0.5, 0.6) is 0 Å². The summed E-state index contributed by atoms with van der Waals surface area (Å²) >= 11 is 1.69. The Bertz CT molecular complexity index is 393. The second-order valence-electron chi connectivity index (χ2n) is 2.47. The van der Waals surface area contributed by atoms with E-state index in [9.17, 15) is 0 Å². The number of rotatable bonds is 0. The molecule has 0 amide bonds. The van der Waals surface area contributed by atoms with Crippen LogP contribution in [0.25, 0.3) is 10.1 Å². The number of fused-ring (bicyclic) bond motifs is 1. The molecule has 0 aliphatic rings. The minimum Gasteiger partial charge on any atom is -0.383 e. The van der Waals surface area contributed by atoms with Crippen molar-refractivity contribution >= 4 is 27.2 Å². The molecule has 0 aromatic carbocycles. The van der Waals surface area contributed by atoms with Crippen molar-refractivity contribution in [2.45, 2.75) is 20.8 Å². The van der Waals surface area contributed by atoms with Crippen molar-refractivity contribution in [1.29, 1.82) is 0 Å². The highest BCUT2D eigenvalue weighted by Crippen LogP contribution is 2.27. The van der Waals surface area contributed by atoms with E-state index in [0.29, 0.717) is 5.82 Å². The van der Waals surface area contributed by atoms with Gasteiger partial charge in [-0.3, -0.25) is 0 Å². The van der Waals surface area contributed by atoms with E-state index < -0.39 is 0 Å². The summed E-state index contributed by atoms with van der Waals surface area (Å²) in [6.07, 6.45) is 1.74. The van der Waals surface area contributed by atoms with Crippen LogP contribution in [-0.2, 0) is 0 Å². The van der Waals surface area contributed by atoms with Crippen LogP contribution in [0, 0.1) is 6.92 Å². The summed E-state index contributed by atoms with van der Waals surface area (Å²) in [5.74, 6) is 0.639. The number of pyridine rings is 1. The fraction of sp³-hybridized carbons (Fsp3) is 0.300. The standard InChI is InChI=1S/C8H8N2S.C2H6/c1-5-4-6-2-3-10-8(9)7(6)11-5;1-2/h2-4H,1H3,(H2,9,10);1-2H3. The molecule has 0 aliphatic carbocycles. The molecule has 3 heteroatoms. The third kappa shape index (κ3) is 1.98. The molecule has 0 fully saturated rings. The van der Waals surface area contributed by atoms with E-state index in [4.69, 9.17) is 5.73 Å². The lowest BCUT2D eigenvalue weighted by Crippen LogP contribution is -1.86. The van der Waals surface area contributed by atoms with E-state index in [1.54, 1.807) is 17.5 Å². The first-order chi connectivity index (χ1) is 6.27. The van der Waals surface area contributed by atoms with Crippen LogP contribution in [0.1, 0.15) is 18.7 Å². The molecule has 0 bridgehead atoms. The van der Waals surface area contributed by atoms with Gasteiger partial charge < -0.3 is 5.73 Å².